The van der Waals surface area contributed by atoms with Crippen LogP contribution in [0.2, 0.25) is 0 Å². The van der Waals surface area contributed by atoms with Crippen LogP contribution in [0.5, 0.6) is 0 Å². The van der Waals surface area contributed by atoms with E-state index in [0.29, 0.717) is 11.8 Å². The van der Waals surface area contributed by atoms with Gasteiger partial charge in [-0.25, -0.2) is 4.98 Å². The van der Waals surface area contributed by atoms with Gasteiger partial charge in [-0.05, 0) is 24.8 Å². The molecule has 0 bridgehead atoms. The van der Waals surface area contributed by atoms with E-state index in [0.717, 1.165) is 13.1 Å². The Bertz CT molecular complexity index is 281. The molecule has 0 fully saturated rings. The normalized spacial score (nSPS) is 13.4. The van der Waals surface area contributed by atoms with Gasteiger partial charge in [-0.3, -0.25) is 0 Å². The molecule has 1 N–H and O–H groups in total. The monoisotopic (exact) mass is 226 g/mol. The molecule has 1 unspecified atom stereocenters. The number of nitrogens with zero attached hydrogens (tertiary/aromatic N) is 1. The summed E-state index contributed by atoms with van der Waals surface area (Å²) in [5.74, 6) is 1.30. The van der Waals surface area contributed by atoms with Gasteiger partial charge in [0.15, 0.2) is 0 Å². The third-order valence-electron chi connectivity index (χ3n) is 2.52. The highest BCUT2D eigenvalue weighted by Gasteiger charge is 2.07. The van der Waals surface area contributed by atoms with E-state index in [1.165, 1.54) is 17.1 Å². The molecule has 0 aliphatic heterocycles. The standard InChI is InChI=1S/C12H22N2S/c1-5-10(4)11-8-15-12(14-11)7-13-6-9(2)3/h8-10,13H,5-7H2,1-4H3. The maximum absolute atomic E-state index is 4.63. The molecule has 0 radical (unpaired) electrons. The smallest absolute Gasteiger partial charge is 0.107 e. The first kappa shape index (κ1) is 12.7. The molecule has 86 valence electrons. The second-order valence-electron chi connectivity index (χ2n) is 4.50. The molecule has 1 aromatic rings. The summed E-state index contributed by atoms with van der Waals surface area (Å²) in [6.45, 7) is 10.9. The zero-order valence-corrected chi connectivity index (χ0v) is 11.0. The van der Waals surface area contributed by atoms with Gasteiger partial charge in [0.2, 0.25) is 0 Å². The molecule has 1 heterocycles. The van der Waals surface area contributed by atoms with Gasteiger partial charge in [-0.1, -0.05) is 27.7 Å². The summed E-state index contributed by atoms with van der Waals surface area (Å²) < 4.78 is 0. The van der Waals surface area contributed by atoms with Crippen molar-refractivity contribution in [2.75, 3.05) is 6.54 Å². The molecular weight excluding hydrogens is 204 g/mol. The number of nitrogens with one attached hydrogen (secondary N) is 1. The van der Waals surface area contributed by atoms with Gasteiger partial charge in [0.05, 0.1) is 5.69 Å². The van der Waals surface area contributed by atoms with E-state index in [1.54, 1.807) is 11.3 Å². The second-order valence-corrected chi connectivity index (χ2v) is 5.44. The van der Waals surface area contributed by atoms with Gasteiger partial charge in [0, 0.05) is 11.9 Å². The summed E-state index contributed by atoms with van der Waals surface area (Å²) in [4.78, 5) is 4.63. The van der Waals surface area contributed by atoms with Gasteiger partial charge >= 0.3 is 0 Å². The molecule has 0 amide bonds. The summed E-state index contributed by atoms with van der Waals surface area (Å²) in [6, 6.07) is 0. The molecule has 0 spiro atoms. The van der Waals surface area contributed by atoms with Gasteiger partial charge in [0.25, 0.3) is 0 Å². The van der Waals surface area contributed by atoms with Crippen LogP contribution in [-0.2, 0) is 6.54 Å². The summed E-state index contributed by atoms with van der Waals surface area (Å²) in [6.07, 6.45) is 1.17. The minimum absolute atomic E-state index is 0.597. The van der Waals surface area contributed by atoms with Crippen LogP contribution in [0.15, 0.2) is 5.38 Å². The van der Waals surface area contributed by atoms with Crippen molar-refractivity contribution in [1.82, 2.24) is 10.3 Å². The molecular formula is C12H22N2S. The maximum atomic E-state index is 4.63. The molecule has 1 atom stereocenters. The molecule has 2 nitrogen and oxygen atoms in total. The van der Waals surface area contributed by atoms with Crippen LogP contribution in [0.1, 0.15) is 50.7 Å². The lowest BCUT2D eigenvalue weighted by Gasteiger charge is -2.05. The summed E-state index contributed by atoms with van der Waals surface area (Å²) in [7, 11) is 0. The zero-order valence-electron chi connectivity index (χ0n) is 10.2. The van der Waals surface area contributed by atoms with E-state index in [1.807, 2.05) is 0 Å². The highest BCUT2D eigenvalue weighted by atomic mass is 32.1. The van der Waals surface area contributed by atoms with Crippen molar-refractivity contribution in [3.05, 3.63) is 16.1 Å². The minimum Gasteiger partial charge on any atom is -0.310 e. The predicted octanol–water partition coefficient (Wildman–Crippen LogP) is 3.40. The third-order valence-corrected chi connectivity index (χ3v) is 3.38. The molecule has 15 heavy (non-hydrogen) atoms. The SMILES string of the molecule is CCC(C)c1csc(CNCC(C)C)n1. The van der Waals surface area contributed by atoms with E-state index >= 15 is 0 Å². The van der Waals surface area contributed by atoms with Crippen LogP contribution in [0.25, 0.3) is 0 Å². The highest BCUT2D eigenvalue weighted by molar-refractivity contribution is 7.09. The topological polar surface area (TPSA) is 24.9 Å². The lowest BCUT2D eigenvalue weighted by Crippen LogP contribution is -2.18. The molecule has 0 saturated heterocycles. The molecule has 0 aliphatic rings. The highest BCUT2D eigenvalue weighted by Crippen LogP contribution is 2.20. The van der Waals surface area contributed by atoms with Crippen molar-refractivity contribution in [2.45, 2.75) is 46.6 Å². The van der Waals surface area contributed by atoms with Crippen LogP contribution >= 0.6 is 11.3 Å². The molecule has 0 aromatic carbocycles. The van der Waals surface area contributed by atoms with Gasteiger partial charge in [-0.15, -0.1) is 11.3 Å². The van der Waals surface area contributed by atoms with Crippen molar-refractivity contribution >= 4 is 11.3 Å². The maximum Gasteiger partial charge on any atom is 0.107 e. The fourth-order valence-electron chi connectivity index (χ4n) is 1.31. The molecule has 1 rings (SSSR count). The first-order valence-corrected chi connectivity index (χ1v) is 6.66. The van der Waals surface area contributed by atoms with E-state index in [2.05, 4.69) is 43.4 Å². The number of hydrogen-bond donors (Lipinski definition) is 1. The average molecular weight is 226 g/mol. The van der Waals surface area contributed by atoms with Gasteiger partial charge in [-0.2, -0.15) is 0 Å². The van der Waals surface area contributed by atoms with Crippen LogP contribution in [0, 0.1) is 5.92 Å². The van der Waals surface area contributed by atoms with E-state index in [9.17, 15) is 0 Å². The lowest BCUT2D eigenvalue weighted by molar-refractivity contribution is 0.550. The Morgan fingerprint density at radius 2 is 2.13 bits per heavy atom. The van der Waals surface area contributed by atoms with Crippen molar-refractivity contribution in [2.24, 2.45) is 5.92 Å². The van der Waals surface area contributed by atoms with Gasteiger partial charge in [0.1, 0.15) is 5.01 Å². The van der Waals surface area contributed by atoms with Crippen LogP contribution in [0.4, 0.5) is 0 Å². The van der Waals surface area contributed by atoms with Crippen LogP contribution < -0.4 is 5.32 Å². The molecule has 3 heteroatoms. The molecule has 0 saturated carbocycles. The number of aromatic nitrogens is 1. The fourth-order valence-corrected chi connectivity index (χ4v) is 2.19. The first-order chi connectivity index (χ1) is 7.13. The summed E-state index contributed by atoms with van der Waals surface area (Å²) >= 11 is 1.77. The van der Waals surface area contributed by atoms with Crippen LogP contribution in [0.3, 0.4) is 0 Å². The number of thiazole rings is 1. The Hall–Kier alpha value is -0.410. The zero-order chi connectivity index (χ0) is 11.3. The Morgan fingerprint density at radius 3 is 2.73 bits per heavy atom. The quantitative estimate of drug-likeness (QED) is 0.804. The minimum atomic E-state index is 0.597. The molecule has 0 aliphatic carbocycles. The average Bonchev–Trinajstić information content (AvgIpc) is 2.65. The van der Waals surface area contributed by atoms with E-state index < -0.39 is 0 Å². The Balaban J connectivity index is 2.39. The Kier molecular flexibility index (Phi) is 5.26. The van der Waals surface area contributed by atoms with Crippen molar-refractivity contribution in [1.29, 1.82) is 0 Å². The Labute approximate surface area is 97.1 Å². The largest absolute Gasteiger partial charge is 0.310 e. The lowest BCUT2D eigenvalue weighted by atomic mass is 10.1. The fraction of sp³-hybridized carbons (Fsp3) is 0.750. The first-order valence-electron chi connectivity index (χ1n) is 5.78. The predicted molar refractivity (Wildman–Crippen MR) is 67.4 cm³/mol. The van der Waals surface area contributed by atoms with E-state index in [-0.39, 0.29) is 0 Å². The van der Waals surface area contributed by atoms with Crippen molar-refractivity contribution in [3.8, 4) is 0 Å². The van der Waals surface area contributed by atoms with E-state index in [4.69, 9.17) is 0 Å². The Morgan fingerprint density at radius 1 is 1.40 bits per heavy atom. The summed E-state index contributed by atoms with van der Waals surface area (Å²) in [5, 5.41) is 6.83. The third kappa shape index (κ3) is 4.31. The van der Waals surface area contributed by atoms with Crippen molar-refractivity contribution < 1.29 is 0 Å². The van der Waals surface area contributed by atoms with Crippen LogP contribution in [-0.4, -0.2) is 11.5 Å². The summed E-state index contributed by atoms with van der Waals surface area (Å²) in [5.41, 5.74) is 1.25. The second kappa shape index (κ2) is 6.23. The molecule has 1 aromatic heterocycles. The number of rotatable bonds is 6. The van der Waals surface area contributed by atoms with Crippen molar-refractivity contribution in [3.63, 3.8) is 0 Å². The number of hydrogen-bond acceptors (Lipinski definition) is 3. The van der Waals surface area contributed by atoms with Gasteiger partial charge < -0.3 is 5.32 Å².